The third-order valence-electron chi connectivity index (χ3n) is 5.23. The smallest absolute Gasteiger partial charge is 0.242 e. The van der Waals surface area contributed by atoms with Gasteiger partial charge in [-0.3, -0.25) is 0 Å². The maximum absolute atomic E-state index is 12.8. The van der Waals surface area contributed by atoms with Crippen molar-refractivity contribution >= 4 is 26.0 Å². The van der Waals surface area contributed by atoms with Crippen LogP contribution in [0.25, 0.3) is 0 Å². The molecule has 0 heterocycles. The Kier molecular flexibility index (Phi) is 9.06. The zero-order valence-corrected chi connectivity index (χ0v) is 20.6. The maximum atomic E-state index is 12.8. The van der Waals surface area contributed by atoms with Gasteiger partial charge in [0.25, 0.3) is 0 Å². The normalized spacial score (nSPS) is 13.6. The van der Waals surface area contributed by atoms with Crippen LogP contribution in [-0.4, -0.2) is 49.6 Å². The van der Waals surface area contributed by atoms with Gasteiger partial charge in [-0.05, 0) is 69.4 Å². The molecule has 1 atom stereocenters. The molecule has 0 spiro atoms. The molecular formula is C23H33BrN2O3S. The first kappa shape index (κ1) is 25.0. The highest BCUT2D eigenvalue weighted by Crippen LogP contribution is 2.22. The predicted molar refractivity (Wildman–Crippen MR) is 126 cm³/mol. The number of aliphatic hydroxyl groups excluding tert-OH is 1. The third kappa shape index (κ3) is 7.46. The number of β-amino-alcohol motifs (C(OH)–C–C–N with tert-alkyl or cyclic N) is 1. The number of halogens is 1. The van der Waals surface area contributed by atoms with E-state index in [1.165, 1.54) is 16.9 Å². The van der Waals surface area contributed by atoms with Crippen molar-refractivity contribution in [2.45, 2.75) is 56.6 Å². The first-order chi connectivity index (χ1) is 14.0. The Balaban J connectivity index is 1.83. The van der Waals surface area contributed by atoms with Crippen molar-refractivity contribution in [3.63, 3.8) is 0 Å². The van der Waals surface area contributed by atoms with E-state index in [1.54, 1.807) is 18.2 Å². The molecule has 0 aliphatic heterocycles. The fourth-order valence-corrected chi connectivity index (χ4v) is 4.82. The molecule has 0 aromatic heterocycles. The van der Waals surface area contributed by atoms with Crippen LogP contribution in [0.15, 0.2) is 57.9 Å². The largest absolute Gasteiger partial charge is 0.390 e. The summed E-state index contributed by atoms with van der Waals surface area (Å²) in [6.45, 7) is 6.43. The lowest BCUT2D eigenvalue weighted by Gasteiger charge is -2.29. The lowest BCUT2D eigenvalue weighted by Crippen LogP contribution is -2.46. The summed E-state index contributed by atoms with van der Waals surface area (Å²) in [4.78, 5) is 0.229. The number of aryl methyl sites for hydroxylation is 2. The minimum Gasteiger partial charge on any atom is -0.390 e. The van der Waals surface area contributed by atoms with E-state index in [4.69, 9.17) is 0 Å². The van der Waals surface area contributed by atoms with Crippen molar-refractivity contribution in [2.24, 2.45) is 0 Å². The first-order valence-corrected chi connectivity index (χ1v) is 12.4. The van der Waals surface area contributed by atoms with Gasteiger partial charge >= 0.3 is 0 Å². The summed E-state index contributed by atoms with van der Waals surface area (Å²) in [5, 5.41) is 13.8. The zero-order chi connectivity index (χ0) is 22.4. The molecule has 2 aromatic rings. The molecule has 0 aliphatic rings. The Morgan fingerprint density at radius 2 is 1.83 bits per heavy atom. The van der Waals surface area contributed by atoms with Gasteiger partial charge in [-0.1, -0.05) is 46.3 Å². The molecule has 0 saturated carbocycles. The summed E-state index contributed by atoms with van der Waals surface area (Å²) in [5.74, 6) is 0. The second kappa shape index (κ2) is 10.9. The summed E-state index contributed by atoms with van der Waals surface area (Å²) >= 11 is 3.39. The fourth-order valence-electron chi connectivity index (χ4n) is 3.28. The molecule has 2 rings (SSSR count). The van der Waals surface area contributed by atoms with Gasteiger partial charge in [-0.25, -0.2) is 8.42 Å². The van der Waals surface area contributed by atoms with Gasteiger partial charge in [-0.15, -0.1) is 0 Å². The van der Waals surface area contributed by atoms with Crippen molar-refractivity contribution in [3.8, 4) is 0 Å². The lowest BCUT2D eigenvalue weighted by molar-refractivity contribution is 0.138. The molecule has 7 heteroatoms. The Labute approximate surface area is 189 Å². The van der Waals surface area contributed by atoms with Crippen LogP contribution in [0.2, 0.25) is 0 Å². The quantitative estimate of drug-likeness (QED) is 0.490. The maximum Gasteiger partial charge on any atom is 0.242 e. The Morgan fingerprint density at radius 1 is 1.17 bits per heavy atom. The van der Waals surface area contributed by atoms with Crippen molar-refractivity contribution in [3.05, 3.63) is 64.1 Å². The highest BCUT2D eigenvalue weighted by Gasteiger charge is 2.25. The van der Waals surface area contributed by atoms with E-state index in [1.807, 2.05) is 13.0 Å². The van der Waals surface area contributed by atoms with Crippen molar-refractivity contribution < 1.29 is 13.5 Å². The average Bonchev–Trinajstić information content (AvgIpc) is 2.69. The van der Waals surface area contributed by atoms with Crippen LogP contribution in [-0.2, 0) is 16.4 Å². The molecule has 30 heavy (non-hydrogen) atoms. The molecule has 0 amide bonds. The Bertz CT molecular complexity index is 917. The van der Waals surface area contributed by atoms with Gasteiger partial charge in [0.15, 0.2) is 0 Å². The molecule has 166 valence electrons. The molecule has 2 N–H and O–H groups in total. The molecular weight excluding hydrogens is 464 g/mol. The van der Waals surface area contributed by atoms with E-state index in [2.05, 4.69) is 59.4 Å². The minimum atomic E-state index is -3.65. The number of benzene rings is 2. The van der Waals surface area contributed by atoms with Gasteiger partial charge in [0.1, 0.15) is 0 Å². The second-order valence-electron chi connectivity index (χ2n) is 8.45. The summed E-state index contributed by atoms with van der Waals surface area (Å²) in [6.07, 6.45) is 2.22. The average molecular weight is 497 g/mol. The lowest BCUT2D eigenvalue weighted by atomic mass is 9.95. The third-order valence-corrected chi connectivity index (χ3v) is 7.94. The van der Waals surface area contributed by atoms with E-state index >= 15 is 0 Å². The fraction of sp³-hybridized carbons (Fsp3) is 0.478. The van der Waals surface area contributed by atoms with Crippen molar-refractivity contribution in [1.29, 1.82) is 0 Å². The molecule has 0 radical (unpaired) electrons. The first-order valence-electron chi connectivity index (χ1n) is 10.2. The number of likely N-dealkylation sites (N-methyl/N-ethyl adjacent to an activating group) is 1. The van der Waals surface area contributed by atoms with Crippen LogP contribution < -0.4 is 5.32 Å². The topological polar surface area (TPSA) is 69.6 Å². The van der Waals surface area contributed by atoms with Crippen LogP contribution in [0, 0.1) is 6.92 Å². The minimum absolute atomic E-state index is 0.0323. The van der Waals surface area contributed by atoms with Gasteiger partial charge in [0, 0.05) is 30.1 Å². The van der Waals surface area contributed by atoms with Crippen LogP contribution in [0.1, 0.15) is 37.8 Å². The second-order valence-corrected chi connectivity index (χ2v) is 11.4. The van der Waals surface area contributed by atoms with E-state index in [9.17, 15) is 13.5 Å². The number of rotatable bonds is 11. The number of aliphatic hydroxyl groups is 1. The Morgan fingerprint density at radius 3 is 2.47 bits per heavy atom. The van der Waals surface area contributed by atoms with E-state index in [-0.39, 0.29) is 17.0 Å². The number of nitrogens with one attached hydrogen (secondary N) is 1. The number of nitrogens with zero attached hydrogens (tertiary/aromatic N) is 1. The van der Waals surface area contributed by atoms with Gasteiger partial charge in [0.2, 0.25) is 10.0 Å². The summed E-state index contributed by atoms with van der Waals surface area (Å²) in [5.41, 5.74) is 2.03. The predicted octanol–water partition coefficient (Wildman–Crippen LogP) is 4.13. The van der Waals surface area contributed by atoms with Gasteiger partial charge < -0.3 is 10.4 Å². The van der Waals surface area contributed by atoms with Gasteiger partial charge in [-0.2, -0.15) is 4.31 Å². The van der Waals surface area contributed by atoms with E-state index < -0.39 is 16.1 Å². The van der Waals surface area contributed by atoms with Crippen LogP contribution in [0.5, 0.6) is 0 Å². The molecule has 0 bridgehead atoms. The summed E-state index contributed by atoms with van der Waals surface area (Å²) < 4.78 is 27.7. The van der Waals surface area contributed by atoms with Crippen LogP contribution in [0.4, 0.5) is 0 Å². The molecule has 5 nitrogen and oxygen atoms in total. The summed E-state index contributed by atoms with van der Waals surface area (Å²) in [7, 11) is -2.15. The summed E-state index contributed by atoms with van der Waals surface area (Å²) in [6, 6.07) is 15.3. The number of hydrogen-bond donors (Lipinski definition) is 2. The molecule has 2 aromatic carbocycles. The number of sulfonamides is 1. The van der Waals surface area contributed by atoms with Crippen LogP contribution in [0.3, 0.4) is 0 Å². The monoisotopic (exact) mass is 496 g/mol. The molecule has 0 aliphatic carbocycles. The highest BCUT2D eigenvalue weighted by atomic mass is 79.9. The molecule has 0 saturated heterocycles. The van der Waals surface area contributed by atoms with E-state index in [0.717, 1.165) is 29.3 Å². The Hall–Kier alpha value is -1.25. The van der Waals surface area contributed by atoms with Crippen molar-refractivity contribution in [2.75, 3.05) is 20.1 Å². The SMILES string of the molecule is Cc1cc(S(=O)(=O)N(C)CC(O)CNC(C)(C)CCCc2ccccc2)ccc1Br. The molecule has 0 fully saturated rings. The number of hydrogen-bond acceptors (Lipinski definition) is 4. The van der Waals surface area contributed by atoms with Crippen molar-refractivity contribution in [1.82, 2.24) is 9.62 Å². The van der Waals surface area contributed by atoms with Crippen LogP contribution >= 0.6 is 15.9 Å². The van der Waals surface area contributed by atoms with Gasteiger partial charge in [0.05, 0.1) is 11.0 Å². The van der Waals surface area contributed by atoms with E-state index in [0.29, 0.717) is 6.54 Å². The molecule has 1 unspecified atom stereocenters. The zero-order valence-electron chi connectivity index (χ0n) is 18.2. The standard InChI is InChI=1S/C23H33BrN2O3S/c1-18-15-21(12-13-22(18)24)30(28,29)26(4)17-20(27)16-25-23(2,3)14-8-11-19-9-6-5-7-10-19/h5-7,9-10,12-13,15,20,25,27H,8,11,14,16-17H2,1-4H3. The highest BCUT2D eigenvalue weighted by molar-refractivity contribution is 9.10.